The number of anilines is 1. The van der Waals surface area contributed by atoms with Crippen LogP contribution in [-0.2, 0) is 21.0 Å². The van der Waals surface area contributed by atoms with Gasteiger partial charge in [-0.3, -0.25) is 4.79 Å². The summed E-state index contributed by atoms with van der Waals surface area (Å²) in [5.74, 6) is -0.763. The number of sulfonamides is 1. The zero-order valence-electron chi connectivity index (χ0n) is 15.8. The molecular formula is C19H21F3N4O3S. The molecule has 1 heterocycles. The summed E-state index contributed by atoms with van der Waals surface area (Å²) in [5, 5.41) is 6.02. The largest absolute Gasteiger partial charge is 0.419 e. The second-order valence-corrected chi connectivity index (χ2v) is 7.73. The Morgan fingerprint density at radius 2 is 1.77 bits per heavy atom. The van der Waals surface area contributed by atoms with Gasteiger partial charge in [-0.05, 0) is 23.8 Å². The number of nitrogens with zero attached hydrogens (tertiary/aromatic N) is 1. The van der Waals surface area contributed by atoms with E-state index in [9.17, 15) is 26.4 Å². The molecule has 0 spiro atoms. The van der Waals surface area contributed by atoms with Crippen LogP contribution in [0.5, 0.6) is 0 Å². The van der Waals surface area contributed by atoms with Gasteiger partial charge in [0.15, 0.2) is 0 Å². The third-order valence-corrected chi connectivity index (χ3v) is 4.85. The summed E-state index contributed by atoms with van der Waals surface area (Å²) < 4.78 is 64.6. The van der Waals surface area contributed by atoms with Gasteiger partial charge in [-0.1, -0.05) is 30.3 Å². The third kappa shape index (κ3) is 8.21. The van der Waals surface area contributed by atoms with E-state index in [4.69, 9.17) is 0 Å². The average molecular weight is 442 g/mol. The smallest absolute Gasteiger partial charge is 0.368 e. The Bertz CT molecular complexity index is 964. The molecule has 0 aliphatic rings. The second-order valence-electron chi connectivity index (χ2n) is 6.08. The van der Waals surface area contributed by atoms with Crippen LogP contribution in [0.2, 0.25) is 0 Å². The molecule has 7 nitrogen and oxygen atoms in total. The number of amides is 1. The first-order chi connectivity index (χ1) is 14.2. The standard InChI is InChI=1S/C19H21F3N4O3S/c20-19(21,22)16-7-4-10-24-18(16)25-13-12-23-17(27)8-11-26-30(28,29)14-9-15-5-2-1-3-6-15/h1-7,9-10,14,26H,8,11-13H2,(H,23,27)(H,24,25). The topological polar surface area (TPSA) is 100 Å². The molecular weight excluding hydrogens is 421 g/mol. The molecule has 11 heteroatoms. The Morgan fingerprint density at radius 3 is 2.47 bits per heavy atom. The number of alkyl halides is 3. The maximum absolute atomic E-state index is 12.9. The van der Waals surface area contributed by atoms with E-state index in [1.165, 1.54) is 18.3 Å². The molecule has 162 valence electrons. The van der Waals surface area contributed by atoms with Crippen LogP contribution in [0.1, 0.15) is 17.5 Å². The molecule has 30 heavy (non-hydrogen) atoms. The number of pyridine rings is 1. The van der Waals surface area contributed by atoms with Crippen molar-refractivity contribution < 1.29 is 26.4 Å². The Kier molecular flexibility index (Phi) is 8.36. The summed E-state index contributed by atoms with van der Waals surface area (Å²) in [5.41, 5.74) is -0.177. The molecule has 0 bridgehead atoms. The first-order valence-corrected chi connectivity index (χ1v) is 10.5. The average Bonchev–Trinajstić information content (AvgIpc) is 2.70. The molecule has 0 atom stereocenters. The van der Waals surface area contributed by atoms with E-state index in [1.807, 2.05) is 6.07 Å². The fraction of sp³-hybridized carbons (Fsp3) is 0.263. The molecule has 0 saturated heterocycles. The molecule has 1 aromatic carbocycles. The highest BCUT2D eigenvalue weighted by molar-refractivity contribution is 7.92. The van der Waals surface area contributed by atoms with Crippen molar-refractivity contribution in [1.29, 1.82) is 0 Å². The van der Waals surface area contributed by atoms with Crippen LogP contribution < -0.4 is 15.4 Å². The van der Waals surface area contributed by atoms with Crippen LogP contribution >= 0.6 is 0 Å². The van der Waals surface area contributed by atoms with Gasteiger partial charge >= 0.3 is 6.18 Å². The van der Waals surface area contributed by atoms with E-state index in [0.717, 1.165) is 17.0 Å². The monoisotopic (exact) mass is 442 g/mol. The van der Waals surface area contributed by atoms with Crippen LogP contribution in [-0.4, -0.2) is 38.9 Å². The molecule has 0 radical (unpaired) electrons. The minimum atomic E-state index is -4.54. The van der Waals surface area contributed by atoms with Gasteiger partial charge in [-0.25, -0.2) is 18.1 Å². The summed E-state index contributed by atoms with van der Waals surface area (Å²) in [4.78, 5) is 15.4. The van der Waals surface area contributed by atoms with E-state index in [0.29, 0.717) is 0 Å². The van der Waals surface area contributed by atoms with Gasteiger partial charge in [0.25, 0.3) is 0 Å². The maximum Gasteiger partial charge on any atom is 0.419 e. The van der Waals surface area contributed by atoms with E-state index in [-0.39, 0.29) is 31.9 Å². The molecule has 1 aromatic heterocycles. The number of hydrogen-bond acceptors (Lipinski definition) is 5. The maximum atomic E-state index is 12.9. The van der Waals surface area contributed by atoms with Crippen LogP contribution in [0.4, 0.5) is 19.0 Å². The van der Waals surface area contributed by atoms with Gasteiger partial charge < -0.3 is 10.6 Å². The number of halogens is 3. The van der Waals surface area contributed by atoms with Crippen molar-refractivity contribution >= 4 is 27.8 Å². The predicted octanol–water partition coefficient (Wildman–Crippen LogP) is 2.61. The van der Waals surface area contributed by atoms with Gasteiger partial charge in [0.1, 0.15) is 5.82 Å². The van der Waals surface area contributed by atoms with Crippen LogP contribution in [0.25, 0.3) is 6.08 Å². The fourth-order valence-electron chi connectivity index (χ4n) is 2.33. The summed E-state index contributed by atoms with van der Waals surface area (Å²) in [7, 11) is -3.69. The van der Waals surface area contributed by atoms with Gasteiger partial charge in [-0.2, -0.15) is 13.2 Å². The first-order valence-electron chi connectivity index (χ1n) is 8.93. The Labute approximate surface area is 172 Å². The number of rotatable bonds is 10. The molecule has 0 aliphatic carbocycles. The molecule has 2 rings (SSSR count). The summed E-state index contributed by atoms with van der Waals surface area (Å²) >= 11 is 0. The molecule has 3 N–H and O–H groups in total. The van der Waals surface area contributed by atoms with E-state index < -0.39 is 27.7 Å². The summed E-state index contributed by atoms with van der Waals surface area (Å²) in [6, 6.07) is 10.9. The highest BCUT2D eigenvalue weighted by atomic mass is 32.2. The van der Waals surface area contributed by atoms with Crippen LogP contribution in [0.3, 0.4) is 0 Å². The summed E-state index contributed by atoms with van der Waals surface area (Å²) in [6.45, 7) is -0.0378. The quantitative estimate of drug-likeness (QED) is 0.491. The molecule has 1 amide bonds. The lowest BCUT2D eigenvalue weighted by atomic mass is 10.2. The van der Waals surface area contributed by atoms with Crippen molar-refractivity contribution in [3.63, 3.8) is 0 Å². The van der Waals surface area contributed by atoms with Crippen molar-refractivity contribution in [2.45, 2.75) is 12.6 Å². The van der Waals surface area contributed by atoms with Crippen molar-refractivity contribution in [2.75, 3.05) is 25.0 Å². The van der Waals surface area contributed by atoms with E-state index in [1.54, 1.807) is 24.3 Å². The zero-order valence-corrected chi connectivity index (χ0v) is 16.6. The molecule has 0 aliphatic heterocycles. The number of carbonyl (C=O) groups excluding carboxylic acids is 1. The number of aromatic nitrogens is 1. The number of carbonyl (C=O) groups is 1. The summed E-state index contributed by atoms with van der Waals surface area (Å²) in [6.07, 6.45) is -1.99. The van der Waals surface area contributed by atoms with Crippen molar-refractivity contribution in [2.24, 2.45) is 0 Å². The molecule has 2 aromatic rings. The number of hydrogen-bond donors (Lipinski definition) is 3. The lowest BCUT2D eigenvalue weighted by molar-refractivity contribution is -0.137. The number of benzene rings is 1. The van der Waals surface area contributed by atoms with Gasteiger partial charge in [0, 0.05) is 37.7 Å². The van der Waals surface area contributed by atoms with Gasteiger partial charge in [0.2, 0.25) is 15.9 Å². The van der Waals surface area contributed by atoms with Crippen molar-refractivity contribution in [3.8, 4) is 0 Å². The Balaban J connectivity index is 1.69. The van der Waals surface area contributed by atoms with Gasteiger partial charge in [0.05, 0.1) is 5.56 Å². The highest BCUT2D eigenvalue weighted by Crippen LogP contribution is 2.33. The Morgan fingerprint density at radius 1 is 1.03 bits per heavy atom. The minimum Gasteiger partial charge on any atom is -0.368 e. The van der Waals surface area contributed by atoms with Crippen molar-refractivity contribution in [3.05, 3.63) is 65.2 Å². The molecule has 0 fully saturated rings. The minimum absolute atomic E-state index is 0.0252. The van der Waals surface area contributed by atoms with Crippen LogP contribution in [0.15, 0.2) is 54.1 Å². The lowest BCUT2D eigenvalue weighted by Crippen LogP contribution is -2.32. The third-order valence-electron chi connectivity index (χ3n) is 3.75. The zero-order chi connectivity index (χ0) is 22.0. The normalized spacial score (nSPS) is 12.1. The second kappa shape index (κ2) is 10.7. The van der Waals surface area contributed by atoms with Gasteiger partial charge in [-0.15, -0.1) is 0 Å². The molecule has 0 saturated carbocycles. The number of nitrogens with one attached hydrogen (secondary N) is 3. The lowest BCUT2D eigenvalue weighted by Gasteiger charge is -2.13. The Hall–Kier alpha value is -2.92. The van der Waals surface area contributed by atoms with Crippen LogP contribution in [0, 0.1) is 0 Å². The highest BCUT2D eigenvalue weighted by Gasteiger charge is 2.33. The first kappa shape index (κ1) is 23.4. The fourth-order valence-corrected chi connectivity index (χ4v) is 3.15. The van der Waals surface area contributed by atoms with E-state index in [2.05, 4.69) is 20.3 Å². The predicted molar refractivity (Wildman–Crippen MR) is 108 cm³/mol. The van der Waals surface area contributed by atoms with E-state index >= 15 is 0 Å². The molecule has 0 unspecified atom stereocenters. The van der Waals surface area contributed by atoms with Crippen molar-refractivity contribution in [1.82, 2.24) is 15.0 Å². The SMILES string of the molecule is O=C(CCNS(=O)(=O)C=Cc1ccccc1)NCCNc1ncccc1C(F)(F)F.